The zero-order chi connectivity index (χ0) is 14.3. The summed E-state index contributed by atoms with van der Waals surface area (Å²) in [6.45, 7) is 0. The monoisotopic (exact) mass is 377 g/mol. The Morgan fingerprint density at radius 2 is 2.15 bits per heavy atom. The summed E-state index contributed by atoms with van der Waals surface area (Å²) in [6.07, 6.45) is 1.34. The van der Waals surface area contributed by atoms with Crippen molar-refractivity contribution in [1.82, 2.24) is 17.5 Å². The fourth-order valence-electron chi connectivity index (χ4n) is 1.66. The number of sulfonamides is 1. The first-order chi connectivity index (χ1) is 9.49. The number of halogens is 1. The van der Waals surface area contributed by atoms with Crippen LogP contribution in [-0.4, -0.2) is 40.9 Å². The second kappa shape index (κ2) is 4.85. The van der Waals surface area contributed by atoms with Crippen LogP contribution in [0, 0.1) is 0 Å². The number of hydrogen-bond donors (Lipinski definition) is 1. The number of benzene rings is 1. The molecule has 0 aliphatic rings. The second-order valence-corrected chi connectivity index (χ2v) is 7.06. The van der Waals surface area contributed by atoms with Gasteiger partial charge in [0.15, 0.2) is 0 Å². The molecule has 10 heteroatoms. The standard InChI is InChI=1S/C10H8ClN5O2SSe/c1-16-5-12-10(9(16)11)19(17,18)13-6-3-2-4-7-8(6)15-20-14-7/h2-5,13H,1H3. The molecule has 0 spiro atoms. The fourth-order valence-corrected chi connectivity index (χ4v) is 4.31. The van der Waals surface area contributed by atoms with Gasteiger partial charge in [-0.05, 0) is 0 Å². The molecule has 0 unspecified atom stereocenters. The zero-order valence-electron chi connectivity index (χ0n) is 10.1. The van der Waals surface area contributed by atoms with Crippen LogP contribution in [-0.2, 0) is 17.1 Å². The SMILES string of the molecule is Cn1cnc(S(=O)(=O)Nc2cccc3n[se]nc23)c1Cl. The molecule has 0 saturated heterocycles. The summed E-state index contributed by atoms with van der Waals surface area (Å²) < 4.78 is 36.9. The summed E-state index contributed by atoms with van der Waals surface area (Å²) in [5.41, 5.74) is 1.63. The van der Waals surface area contributed by atoms with E-state index >= 15 is 0 Å². The van der Waals surface area contributed by atoms with Crippen molar-refractivity contribution in [3.05, 3.63) is 29.7 Å². The van der Waals surface area contributed by atoms with Crippen LogP contribution in [0.3, 0.4) is 0 Å². The molecule has 1 N–H and O–H groups in total. The van der Waals surface area contributed by atoms with Crippen molar-refractivity contribution in [2.45, 2.75) is 5.03 Å². The number of hydrogen-bond acceptors (Lipinski definition) is 5. The van der Waals surface area contributed by atoms with Gasteiger partial charge in [0.05, 0.1) is 0 Å². The number of imidazole rings is 1. The van der Waals surface area contributed by atoms with Crippen LogP contribution < -0.4 is 4.72 Å². The molecule has 0 amide bonds. The van der Waals surface area contributed by atoms with Crippen molar-refractivity contribution in [3.63, 3.8) is 0 Å². The van der Waals surface area contributed by atoms with Gasteiger partial charge in [-0.1, -0.05) is 0 Å². The van der Waals surface area contributed by atoms with E-state index in [4.69, 9.17) is 11.6 Å². The Hall–Kier alpha value is -1.41. The van der Waals surface area contributed by atoms with Gasteiger partial charge in [-0.25, -0.2) is 0 Å². The Morgan fingerprint density at radius 3 is 2.85 bits per heavy atom. The number of rotatable bonds is 3. The first-order valence-electron chi connectivity index (χ1n) is 5.40. The third-order valence-corrected chi connectivity index (χ3v) is 5.61. The average molecular weight is 377 g/mol. The third-order valence-electron chi connectivity index (χ3n) is 2.62. The molecule has 2 aromatic heterocycles. The molecule has 0 bridgehead atoms. The van der Waals surface area contributed by atoms with E-state index in [9.17, 15) is 8.42 Å². The Labute approximate surface area is 125 Å². The van der Waals surface area contributed by atoms with Gasteiger partial charge in [0, 0.05) is 0 Å². The maximum atomic E-state index is 12.3. The average Bonchev–Trinajstić information content (AvgIpc) is 2.98. The predicted molar refractivity (Wildman–Crippen MR) is 75.5 cm³/mol. The topological polar surface area (TPSA) is 89.8 Å². The molecule has 0 fully saturated rings. The van der Waals surface area contributed by atoms with Gasteiger partial charge >= 0.3 is 126 Å². The quantitative estimate of drug-likeness (QED) is 0.685. The van der Waals surface area contributed by atoms with Crippen molar-refractivity contribution in [2.75, 3.05) is 4.72 Å². The molecular weight excluding hydrogens is 369 g/mol. The molecule has 3 aromatic rings. The van der Waals surface area contributed by atoms with Gasteiger partial charge in [0.25, 0.3) is 0 Å². The van der Waals surface area contributed by atoms with E-state index in [0.717, 1.165) is 0 Å². The molecule has 0 atom stereocenters. The van der Waals surface area contributed by atoms with Crippen LogP contribution in [0.2, 0.25) is 5.15 Å². The van der Waals surface area contributed by atoms with Gasteiger partial charge in [-0.15, -0.1) is 0 Å². The minimum atomic E-state index is -3.85. The Balaban J connectivity index is 2.06. The third kappa shape index (κ3) is 2.22. The molecule has 0 saturated carbocycles. The molecule has 104 valence electrons. The molecule has 2 heterocycles. The number of aryl methyl sites for hydroxylation is 1. The van der Waals surface area contributed by atoms with Crippen molar-refractivity contribution in [2.24, 2.45) is 7.05 Å². The van der Waals surface area contributed by atoms with E-state index in [1.165, 1.54) is 10.9 Å². The van der Waals surface area contributed by atoms with Crippen LogP contribution >= 0.6 is 11.6 Å². The molecule has 1 aromatic carbocycles. The molecular formula is C10H8ClN5O2SSe. The van der Waals surface area contributed by atoms with E-state index < -0.39 is 10.0 Å². The summed E-state index contributed by atoms with van der Waals surface area (Å²) in [5.74, 6) is 0. The number of nitrogens with one attached hydrogen (secondary N) is 1. The van der Waals surface area contributed by atoms with E-state index in [0.29, 0.717) is 16.7 Å². The summed E-state index contributed by atoms with van der Waals surface area (Å²) in [5, 5.41) is -0.157. The van der Waals surface area contributed by atoms with Crippen LogP contribution in [0.25, 0.3) is 11.0 Å². The molecule has 0 radical (unpaired) electrons. The van der Waals surface area contributed by atoms with Crippen LogP contribution in [0.4, 0.5) is 5.69 Å². The molecule has 7 nitrogen and oxygen atoms in total. The summed E-state index contributed by atoms with van der Waals surface area (Å²) in [6, 6.07) is 5.14. The van der Waals surface area contributed by atoms with E-state index in [1.54, 1.807) is 25.2 Å². The van der Waals surface area contributed by atoms with E-state index in [1.807, 2.05) is 0 Å². The van der Waals surface area contributed by atoms with Gasteiger partial charge in [0.2, 0.25) is 0 Å². The Morgan fingerprint density at radius 1 is 1.35 bits per heavy atom. The molecule has 0 aliphatic heterocycles. The number of anilines is 1. The van der Waals surface area contributed by atoms with E-state index in [2.05, 4.69) is 17.7 Å². The normalized spacial score (nSPS) is 11.9. The van der Waals surface area contributed by atoms with E-state index in [-0.39, 0.29) is 25.1 Å². The Bertz CT molecular complexity index is 888. The van der Waals surface area contributed by atoms with Crippen molar-refractivity contribution < 1.29 is 8.42 Å². The molecule has 3 rings (SSSR count). The van der Waals surface area contributed by atoms with Crippen molar-refractivity contribution in [1.29, 1.82) is 0 Å². The second-order valence-electron chi connectivity index (χ2n) is 3.99. The molecule has 0 aliphatic carbocycles. The minimum absolute atomic E-state index is 0.0518. The predicted octanol–water partition coefficient (Wildman–Crippen LogP) is 0.874. The zero-order valence-corrected chi connectivity index (χ0v) is 13.4. The first-order valence-corrected chi connectivity index (χ1v) is 8.79. The summed E-state index contributed by atoms with van der Waals surface area (Å²) in [7, 11) is -2.24. The van der Waals surface area contributed by atoms with Crippen LogP contribution in [0.15, 0.2) is 29.6 Å². The number of aromatic nitrogens is 4. The Kier molecular flexibility index (Phi) is 3.29. The number of nitrogens with zero attached hydrogens (tertiary/aromatic N) is 4. The fraction of sp³-hybridized carbons (Fsp3) is 0.100. The van der Waals surface area contributed by atoms with Crippen LogP contribution in [0.5, 0.6) is 0 Å². The summed E-state index contributed by atoms with van der Waals surface area (Å²) >= 11 is 5.69. The van der Waals surface area contributed by atoms with Gasteiger partial charge in [-0.3, -0.25) is 0 Å². The van der Waals surface area contributed by atoms with Crippen LogP contribution in [0.1, 0.15) is 0 Å². The van der Waals surface area contributed by atoms with Crippen molar-refractivity contribution in [3.8, 4) is 0 Å². The number of fused-ring (bicyclic) bond motifs is 1. The first kappa shape index (κ1) is 13.6. The van der Waals surface area contributed by atoms with Gasteiger partial charge in [-0.2, -0.15) is 0 Å². The molecule has 20 heavy (non-hydrogen) atoms. The van der Waals surface area contributed by atoms with Crippen molar-refractivity contribution >= 4 is 53.3 Å². The van der Waals surface area contributed by atoms with Gasteiger partial charge in [0.1, 0.15) is 0 Å². The van der Waals surface area contributed by atoms with Gasteiger partial charge < -0.3 is 0 Å². The maximum absolute atomic E-state index is 12.3. The summed E-state index contributed by atoms with van der Waals surface area (Å²) in [4.78, 5) is 3.81.